The maximum atomic E-state index is 14.6. The van der Waals surface area contributed by atoms with Crippen LogP contribution in [0.2, 0.25) is 0 Å². The number of hydrogen-bond acceptors (Lipinski definition) is 17. The van der Waals surface area contributed by atoms with Gasteiger partial charge in [-0.3, -0.25) is 4.18 Å². The summed E-state index contributed by atoms with van der Waals surface area (Å²) in [4.78, 5) is 16.6. The Balaban J connectivity index is 0.000000210. The Hall–Kier alpha value is -6.16. The lowest BCUT2D eigenvalue weighted by Crippen LogP contribution is -2.37. The van der Waals surface area contributed by atoms with Gasteiger partial charge in [0.25, 0.3) is 23.6 Å². The fraction of sp³-hybridized carbons (Fsp3) is 0.442. The van der Waals surface area contributed by atoms with Crippen molar-refractivity contribution in [1.29, 1.82) is 0 Å². The molecule has 0 saturated heterocycles. The first-order valence-electron chi connectivity index (χ1n) is 22.4. The van der Waals surface area contributed by atoms with Gasteiger partial charge in [0, 0.05) is 81.2 Å². The number of alkyl halides is 7. The van der Waals surface area contributed by atoms with E-state index in [0.717, 1.165) is 31.2 Å². The highest BCUT2D eigenvalue weighted by Gasteiger charge is 2.47. The Kier molecular flexibility index (Phi) is 19.3. The van der Waals surface area contributed by atoms with Gasteiger partial charge in [0.05, 0.1) is 28.2 Å². The van der Waals surface area contributed by atoms with Gasteiger partial charge in [-0.2, -0.15) is 39.2 Å². The van der Waals surface area contributed by atoms with E-state index >= 15 is 0 Å². The van der Waals surface area contributed by atoms with E-state index in [4.69, 9.17) is 8.83 Å². The van der Waals surface area contributed by atoms with Crippen molar-refractivity contribution in [1.82, 2.24) is 49.4 Å². The number of halogens is 11. The highest BCUT2D eigenvalue weighted by molar-refractivity contribution is 7.90. The summed E-state index contributed by atoms with van der Waals surface area (Å²) in [6, 6.07) is 6.19. The number of nitrogens with one attached hydrogen (secondary N) is 1. The molecule has 2 atom stereocenters. The van der Waals surface area contributed by atoms with Crippen LogP contribution in [0.3, 0.4) is 0 Å². The van der Waals surface area contributed by atoms with Crippen molar-refractivity contribution < 1.29 is 86.6 Å². The number of nitrogens with zero attached hydrogens (tertiary/aromatic N) is 9. The Labute approximate surface area is 426 Å². The molecule has 4 aromatic heterocycles. The van der Waals surface area contributed by atoms with Crippen molar-refractivity contribution >= 4 is 30.2 Å². The first-order valence-corrected chi connectivity index (χ1v) is 26.9. The van der Waals surface area contributed by atoms with Gasteiger partial charge in [-0.15, -0.1) is 20.4 Å². The van der Waals surface area contributed by atoms with Gasteiger partial charge in [0.2, 0.25) is 20.0 Å². The summed E-state index contributed by atoms with van der Waals surface area (Å²) < 4.78 is 227. The van der Waals surface area contributed by atoms with Crippen LogP contribution in [0, 0.1) is 23.3 Å². The Morgan fingerprint density at radius 3 is 1.45 bits per heavy atom. The van der Waals surface area contributed by atoms with Crippen molar-refractivity contribution in [3.8, 4) is 22.9 Å². The van der Waals surface area contributed by atoms with Crippen LogP contribution in [0.15, 0.2) is 70.0 Å². The van der Waals surface area contributed by atoms with Gasteiger partial charge >= 0.3 is 28.5 Å². The molecule has 2 aromatic carbocycles. The van der Waals surface area contributed by atoms with Crippen LogP contribution in [0.25, 0.3) is 22.9 Å². The molecule has 2 saturated carbocycles. The predicted octanol–water partition coefficient (Wildman–Crippen LogP) is 7.91. The minimum Gasteiger partial charge on any atom is -0.415 e. The molecule has 414 valence electrons. The summed E-state index contributed by atoms with van der Waals surface area (Å²) in [6.45, 7) is 2.37. The zero-order valence-corrected chi connectivity index (χ0v) is 41.8. The maximum absolute atomic E-state index is 14.6. The van der Waals surface area contributed by atoms with Gasteiger partial charge in [-0.05, 0) is 55.9 Å². The smallest absolute Gasteiger partial charge is 0.415 e. The second-order valence-electron chi connectivity index (χ2n) is 16.5. The molecule has 1 N–H and O–H groups in total. The van der Waals surface area contributed by atoms with E-state index in [-0.39, 0.29) is 78.2 Å². The van der Waals surface area contributed by atoms with Crippen molar-refractivity contribution in [3.05, 3.63) is 119 Å². The summed E-state index contributed by atoms with van der Waals surface area (Å²) in [5, 5.41) is 12.6. The Morgan fingerprint density at radius 2 is 1.09 bits per heavy atom. The van der Waals surface area contributed by atoms with Crippen LogP contribution >= 0.6 is 0 Å². The molecule has 4 heterocycles. The quantitative estimate of drug-likeness (QED) is 0.0408. The van der Waals surface area contributed by atoms with Crippen molar-refractivity contribution in [2.75, 3.05) is 26.2 Å². The molecule has 0 amide bonds. The third kappa shape index (κ3) is 15.7. The first-order chi connectivity index (χ1) is 35.7. The van der Waals surface area contributed by atoms with Gasteiger partial charge in [0.1, 0.15) is 34.9 Å². The molecule has 0 spiro atoms. The standard InChI is InChI=1S/C21H21F4N5O3S.C19H17F4N5O3S.C3H5F3O3S/c1-2-30(34(31,32)15-4-5-15)11-12(16-6-3-14(22)8-17(16)23)7-18-26-9-13(10-27-18)20-28-29-21(33-20)19(24)25;20-12-1-4-14(15(21)6-12)10(9-26-32(29,30)13-2-3-13)5-16-24-7-11(8-25-16)18-27-28-19(31-18)17(22)23;1-2-9-10(7,8)3(4,5)6/h3,6,8-10,12,15,19H,2,4-5,7,11H2,1H3;1,4,6-8,10,13,17,26H,2-3,5,9H2;2H2,1H3. The number of hydrogen-bond donors (Lipinski definition) is 1. The highest BCUT2D eigenvalue weighted by atomic mass is 32.2. The number of rotatable bonds is 21. The molecule has 0 radical (unpaired) electrons. The zero-order chi connectivity index (χ0) is 55.8. The fourth-order valence-corrected chi connectivity index (χ4v) is 10.6. The van der Waals surface area contributed by atoms with E-state index in [1.54, 1.807) is 6.92 Å². The molecule has 2 fully saturated rings. The SMILES string of the molecule is CCN(CC(Cc1ncc(-c2nnc(C(F)F)o2)cn1)c1ccc(F)cc1F)S(=O)(=O)C1CC1.CCOS(=O)(=O)C(F)(F)F.O=S(=O)(NCC(Cc1ncc(-c2nnc(C(F)F)o2)cn1)c1ccc(F)cc1F)C1CC1. The molecule has 19 nitrogen and oxygen atoms in total. The van der Waals surface area contributed by atoms with Crippen LogP contribution in [-0.4, -0.2) is 112 Å². The van der Waals surface area contributed by atoms with Crippen LogP contribution in [0.5, 0.6) is 0 Å². The van der Waals surface area contributed by atoms with Crippen LogP contribution in [0.4, 0.5) is 48.3 Å². The van der Waals surface area contributed by atoms with Crippen molar-refractivity contribution in [3.63, 3.8) is 0 Å². The molecule has 8 rings (SSSR count). The third-order valence-corrected chi connectivity index (χ3v) is 16.4. The number of benzene rings is 2. The number of aromatic nitrogens is 8. The van der Waals surface area contributed by atoms with Gasteiger partial charge < -0.3 is 8.83 Å². The zero-order valence-electron chi connectivity index (χ0n) is 39.4. The van der Waals surface area contributed by atoms with Crippen LogP contribution < -0.4 is 4.72 Å². The molecule has 0 bridgehead atoms. The minimum atomic E-state index is -5.35. The first kappa shape index (κ1) is 59.1. The fourth-order valence-electron chi connectivity index (χ4n) is 6.86. The second kappa shape index (κ2) is 24.9. The number of likely N-dealkylation sites (N-methyl/N-ethyl adjacent to an activating group) is 1. The molecular formula is C43H43F11N10O9S3. The van der Waals surface area contributed by atoms with E-state index in [1.807, 2.05) is 0 Å². The monoisotopic (exact) mass is 1150 g/mol. The molecule has 76 heavy (non-hydrogen) atoms. The van der Waals surface area contributed by atoms with Gasteiger partial charge in [0.15, 0.2) is 0 Å². The minimum absolute atomic E-state index is 0.0299. The molecule has 2 unspecified atom stereocenters. The van der Waals surface area contributed by atoms with E-state index in [2.05, 4.69) is 49.2 Å². The Morgan fingerprint density at radius 1 is 0.658 bits per heavy atom. The molecule has 6 aromatic rings. The highest BCUT2D eigenvalue weighted by Crippen LogP contribution is 2.34. The lowest BCUT2D eigenvalue weighted by Gasteiger charge is -2.26. The molecule has 2 aliphatic rings. The van der Waals surface area contributed by atoms with E-state index in [0.29, 0.717) is 25.7 Å². The molecule has 2 aliphatic carbocycles. The summed E-state index contributed by atoms with van der Waals surface area (Å²) in [5.41, 5.74) is -4.65. The number of sulfonamides is 2. The predicted molar refractivity (Wildman–Crippen MR) is 242 cm³/mol. The average molecular weight is 1150 g/mol. The van der Waals surface area contributed by atoms with E-state index in [1.165, 1.54) is 41.2 Å². The summed E-state index contributed by atoms with van der Waals surface area (Å²) >= 11 is 0. The topological polar surface area (TPSA) is 256 Å². The van der Waals surface area contributed by atoms with Crippen LogP contribution in [-0.2, 0) is 47.2 Å². The third-order valence-electron chi connectivity index (χ3n) is 11.0. The van der Waals surface area contributed by atoms with Crippen molar-refractivity contribution in [2.24, 2.45) is 0 Å². The average Bonchev–Trinajstić information content (AvgIpc) is 4.30. The molecular weight excluding hydrogens is 1110 g/mol. The van der Waals surface area contributed by atoms with Gasteiger partial charge in [-0.25, -0.2) is 63.4 Å². The van der Waals surface area contributed by atoms with Crippen molar-refractivity contribution in [2.45, 2.75) is 93.1 Å². The van der Waals surface area contributed by atoms with Crippen LogP contribution in [0.1, 0.15) is 98.8 Å². The van der Waals surface area contributed by atoms with E-state index < -0.39 is 113 Å². The molecule has 33 heteroatoms. The lowest BCUT2D eigenvalue weighted by atomic mass is 9.94. The molecule has 0 aliphatic heterocycles. The summed E-state index contributed by atoms with van der Waals surface area (Å²) in [7, 11) is -12.4. The second-order valence-corrected chi connectivity index (χ2v) is 22.4. The largest absolute Gasteiger partial charge is 0.523 e. The normalized spacial score (nSPS) is 15.1. The maximum Gasteiger partial charge on any atom is 0.523 e. The Bertz CT molecular complexity index is 3240. The van der Waals surface area contributed by atoms with Gasteiger partial charge in [-0.1, -0.05) is 19.1 Å². The summed E-state index contributed by atoms with van der Waals surface area (Å²) in [5.74, 6) is -6.12. The van der Waals surface area contributed by atoms with E-state index in [9.17, 15) is 73.5 Å². The summed E-state index contributed by atoms with van der Waals surface area (Å²) in [6.07, 6.45) is 1.69. The lowest BCUT2D eigenvalue weighted by molar-refractivity contribution is -0.0539.